The van der Waals surface area contributed by atoms with Crippen LogP contribution >= 0.6 is 23.2 Å². The van der Waals surface area contributed by atoms with E-state index in [-0.39, 0.29) is 74.1 Å². The third-order valence-electron chi connectivity index (χ3n) is 14.3. The van der Waals surface area contributed by atoms with Crippen molar-refractivity contribution in [1.82, 2.24) is 59.1 Å². The van der Waals surface area contributed by atoms with Gasteiger partial charge >= 0.3 is 23.7 Å². The molecule has 4 N–H and O–H groups in total. The van der Waals surface area contributed by atoms with Gasteiger partial charge in [0.1, 0.15) is 24.9 Å². The molecule has 74 heavy (non-hydrogen) atoms. The maximum absolute atomic E-state index is 13.4. The first-order valence-corrected chi connectivity index (χ1v) is 24.4. The Morgan fingerprint density at radius 1 is 0.689 bits per heavy atom. The summed E-state index contributed by atoms with van der Waals surface area (Å²) in [5.41, 5.74) is 2.83. The minimum atomic E-state index is -4.61. The van der Waals surface area contributed by atoms with Gasteiger partial charge in [0.05, 0.1) is 45.3 Å². The van der Waals surface area contributed by atoms with Gasteiger partial charge in [0.15, 0.2) is 0 Å². The molecule has 19 nitrogen and oxygen atoms in total. The molecule has 2 atom stereocenters. The third kappa shape index (κ3) is 11.1. The van der Waals surface area contributed by atoms with Crippen molar-refractivity contribution >= 4 is 68.6 Å². The summed E-state index contributed by atoms with van der Waals surface area (Å²) in [4.78, 5) is 86.7. The van der Waals surface area contributed by atoms with Gasteiger partial charge in [0.2, 0.25) is 23.6 Å². The number of imidazole rings is 2. The highest BCUT2D eigenvalue weighted by Crippen LogP contribution is 2.38. The Kier molecular flexibility index (Phi) is 14.5. The fourth-order valence-corrected chi connectivity index (χ4v) is 11.3. The number of nitrogens with one attached hydrogen (secondary N) is 4. The second-order valence-corrected chi connectivity index (χ2v) is 19.8. The molecule has 0 aliphatic carbocycles. The van der Waals surface area contributed by atoms with E-state index in [0.29, 0.717) is 106 Å². The first kappa shape index (κ1) is 51.8. The van der Waals surface area contributed by atoms with Gasteiger partial charge in [-0.25, -0.2) is 9.59 Å². The molecule has 4 amide bonds. The molecule has 4 aliphatic heterocycles. The number of benzene rings is 2. The molecule has 2 saturated heterocycles. The van der Waals surface area contributed by atoms with Crippen LogP contribution in [0.4, 0.5) is 26.3 Å². The number of H-pyrrole nitrogens is 4. The zero-order chi connectivity index (χ0) is 52.8. The van der Waals surface area contributed by atoms with Gasteiger partial charge < -0.3 is 24.6 Å². The van der Waals surface area contributed by atoms with Crippen molar-refractivity contribution in [2.45, 2.75) is 88.9 Å². The number of carbonyl (C=O) groups is 4. The molecule has 0 radical (unpaired) electrons. The van der Waals surface area contributed by atoms with E-state index in [9.17, 15) is 55.1 Å². The van der Waals surface area contributed by atoms with Crippen molar-refractivity contribution in [3.8, 4) is 6.07 Å². The molecule has 0 spiro atoms. The SMILES string of the molecule is N#Cc1cn(C2CCN(C(=O)C[C@@H]3Cc4cc(Cl)c5[nH]ncc5c4CN(CC(F)(F)F)C3=O)CC2)c(=O)[nH]1.O=C(C[C@@H]1Cc2cc(Cl)c3[nH]ncc3c2CN(CC(F)(F)F)C1=O)N1CCC(n2cc[nH]c2=O)CC1. The molecule has 4 aromatic heterocycles. The summed E-state index contributed by atoms with van der Waals surface area (Å²) in [6.07, 6.45) is 0.221. The van der Waals surface area contributed by atoms with Crippen LogP contribution in [-0.2, 0) is 45.1 Å². The number of rotatable bonds is 8. The van der Waals surface area contributed by atoms with Gasteiger partial charge in [0.25, 0.3) is 0 Å². The monoisotopic (exact) mass is 1070 g/mol. The third-order valence-corrected chi connectivity index (χ3v) is 14.9. The van der Waals surface area contributed by atoms with E-state index in [0.717, 1.165) is 9.80 Å². The zero-order valence-corrected chi connectivity index (χ0v) is 40.7. The van der Waals surface area contributed by atoms with E-state index in [1.165, 1.54) is 23.2 Å². The number of aromatic amines is 4. The summed E-state index contributed by atoms with van der Waals surface area (Å²) >= 11 is 12.7. The molecule has 392 valence electrons. The Morgan fingerprint density at radius 2 is 1.14 bits per heavy atom. The van der Waals surface area contributed by atoms with Crippen molar-refractivity contribution in [3.63, 3.8) is 0 Å². The fraction of sp³-hybridized carbons (Fsp3) is 0.468. The number of hydrogen-bond acceptors (Lipinski definition) is 9. The number of likely N-dealkylation sites (tertiary alicyclic amines) is 2. The van der Waals surface area contributed by atoms with Crippen LogP contribution in [0.5, 0.6) is 0 Å². The largest absolute Gasteiger partial charge is 0.406 e. The summed E-state index contributed by atoms with van der Waals surface area (Å²) in [5.74, 6) is -4.02. The Hall–Kier alpha value is -7.07. The molecule has 4 aliphatic rings. The fourth-order valence-electron chi connectivity index (χ4n) is 10.7. The number of piperidine rings is 2. The summed E-state index contributed by atoms with van der Waals surface area (Å²) in [5, 5.41) is 24.2. The maximum atomic E-state index is 13.4. The highest BCUT2D eigenvalue weighted by atomic mass is 35.5. The van der Waals surface area contributed by atoms with Crippen LogP contribution in [0.25, 0.3) is 21.8 Å². The van der Waals surface area contributed by atoms with E-state index in [2.05, 4.69) is 30.4 Å². The molecule has 10 rings (SSSR count). The molecule has 0 unspecified atom stereocenters. The lowest BCUT2D eigenvalue weighted by Crippen LogP contribution is -2.44. The van der Waals surface area contributed by atoms with Gasteiger partial charge in [-0.1, -0.05) is 23.2 Å². The highest BCUT2D eigenvalue weighted by molar-refractivity contribution is 6.35. The van der Waals surface area contributed by atoms with Gasteiger partial charge in [-0.15, -0.1) is 0 Å². The molecule has 8 heterocycles. The summed E-state index contributed by atoms with van der Waals surface area (Å²) in [6.45, 7) is -1.94. The van der Waals surface area contributed by atoms with Crippen LogP contribution in [0.2, 0.25) is 10.0 Å². The molecule has 2 aromatic carbocycles. The minimum Gasteiger partial charge on any atom is -0.343 e. The molecule has 2 fully saturated rings. The number of nitriles is 1. The van der Waals surface area contributed by atoms with Crippen LogP contribution in [0.15, 0.2) is 52.7 Å². The number of hydrogen-bond donors (Lipinski definition) is 4. The van der Waals surface area contributed by atoms with E-state index in [1.807, 2.05) is 6.07 Å². The lowest BCUT2D eigenvalue weighted by molar-refractivity contribution is -0.165. The average Bonchev–Trinajstić information content (AvgIpc) is 4.18. The molecular formula is C47H47Cl2F6N13O6. The van der Waals surface area contributed by atoms with E-state index >= 15 is 0 Å². The first-order chi connectivity index (χ1) is 35.1. The molecule has 27 heteroatoms. The standard InChI is InChI=1S/C24H23ClF3N7O3.C23H24ClF3N6O3/c25-19-6-13-5-14(22(37)34(12-24(26,27)28)11-18(13)17-9-30-32-21(17)19)7-20(36)33-3-1-16(2-4-33)35-10-15(8-29)31-23(35)38;24-18-8-13-7-14(9-19(34)31-4-1-15(2-5-31)33-6-3-28-22(33)36)21(35)32(12-23(25,26)27)11-17(13)16-10-29-30-20(16)18/h6,9-10,14,16H,1-5,7,11-12H2,(H,30,32)(H,31,38);3,6,8,10,14-15H,1-2,4-5,7,9,11-12H2,(H,28,36)(H,29,30)/t2*14-/m00/s1. The molecule has 0 bridgehead atoms. The van der Waals surface area contributed by atoms with Crippen molar-refractivity contribution in [2.75, 3.05) is 39.3 Å². The number of fused-ring (bicyclic) bond motifs is 6. The Morgan fingerprint density at radius 3 is 1.53 bits per heavy atom. The van der Waals surface area contributed by atoms with Crippen LogP contribution in [0.1, 0.15) is 78.6 Å². The van der Waals surface area contributed by atoms with E-state index in [4.69, 9.17) is 28.5 Å². The number of amides is 4. The lowest BCUT2D eigenvalue weighted by Gasteiger charge is -2.33. The van der Waals surface area contributed by atoms with Crippen molar-refractivity contribution < 1.29 is 45.5 Å². The van der Waals surface area contributed by atoms with Crippen molar-refractivity contribution in [3.05, 3.63) is 102 Å². The van der Waals surface area contributed by atoms with Gasteiger partial charge in [-0.2, -0.15) is 41.8 Å². The van der Waals surface area contributed by atoms with Crippen LogP contribution < -0.4 is 11.4 Å². The second kappa shape index (κ2) is 20.7. The quantitative estimate of drug-likeness (QED) is 0.132. The minimum absolute atomic E-state index is 0.0408. The summed E-state index contributed by atoms with van der Waals surface area (Å²) in [6, 6.07) is 4.91. The summed E-state index contributed by atoms with van der Waals surface area (Å²) < 4.78 is 83.3. The molecular weight excluding hydrogens is 1030 g/mol. The number of nitrogens with zero attached hydrogens (tertiary/aromatic N) is 9. The van der Waals surface area contributed by atoms with E-state index < -0.39 is 54.8 Å². The predicted octanol–water partition coefficient (Wildman–Crippen LogP) is 5.92. The Bertz CT molecular complexity index is 3280. The summed E-state index contributed by atoms with van der Waals surface area (Å²) in [7, 11) is 0. The lowest BCUT2D eigenvalue weighted by atomic mass is 9.92. The van der Waals surface area contributed by atoms with Crippen molar-refractivity contribution in [2.24, 2.45) is 11.8 Å². The van der Waals surface area contributed by atoms with Crippen LogP contribution in [0, 0.1) is 23.2 Å². The van der Waals surface area contributed by atoms with Crippen LogP contribution in [0.3, 0.4) is 0 Å². The van der Waals surface area contributed by atoms with Gasteiger partial charge in [-0.3, -0.25) is 43.5 Å². The second-order valence-electron chi connectivity index (χ2n) is 19.0. The van der Waals surface area contributed by atoms with Gasteiger partial charge in [-0.05, 0) is 72.9 Å². The smallest absolute Gasteiger partial charge is 0.343 e. The normalized spacial score (nSPS) is 19.2. The van der Waals surface area contributed by atoms with Gasteiger partial charge in [0, 0.05) is 93.6 Å². The molecule has 0 saturated carbocycles. The van der Waals surface area contributed by atoms with Crippen molar-refractivity contribution in [1.29, 1.82) is 5.26 Å². The Labute approximate surface area is 425 Å². The zero-order valence-electron chi connectivity index (χ0n) is 39.2. The highest BCUT2D eigenvalue weighted by Gasteiger charge is 2.42. The number of aromatic nitrogens is 8. The first-order valence-electron chi connectivity index (χ1n) is 23.6. The number of carbonyl (C=O) groups excluding carboxylic acids is 4. The predicted molar refractivity (Wildman–Crippen MR) is 253 cm³/mol. The number of halogens is 8. The topological polar surface area (TPSA) is 238 Å². The van der Waals surface area contributed by atoms with Crippen LogP contribution in [-0.4, -0.2) is 134 Å². The average molecular weight is 1070 g/mol. The molecule has 6 aromatic rings. The van der Waals surface area contributed by atoms with E-state index in [1.54, 1.807) is 38.9 Å². The maximum Gasteiger partial charge on any atom is 0.406 e. The Balaban J connectivity index is 0.000000182. The number of alkyl halides is 6.